The minimum absolute atomic E-state index is 0.0832. The summed E-state index contributed by atoms with van der Waals surface area (Å²) in [6, 6.07) is 6.65. The summed E-state index contributed by atoms with van der Waals surface area (Å²) in [7, 11) is -3.54. The highest BCUT2D eigenvalue weighted by Crippen LogP contribution is 2.22. The fourth-order valence-corrected chi connectivity index (χ4v) is 5.29. The molecule has 0 N–H and O–H groups in total. The van der Waals surface area contributed by atoms with Crippen molar-refractivity contribution in [3.05, 3.63) is 44.8 Å². The molecule has 0 spiro atoms. The molecule has 2 heterocycles. The van der Waals surface area contributed by atoms with Gasteiger partial charge in [-0.3, -0.25) is 4.79 Å². The Balaban J connectivity index is 1.69. The van der Waals surface area contributed by atoms with E-state index in [4.69, 9.17) is 0 Å². The van der Waals surface area contributed by atoms with Crippen LogP contribution < -0.4 is 0 Å². The maximum absolute atomic E-state index is 12.7. The average Bonchev–Trinajstić information content (AvgIpc) is 3.01. The fraction of sp³-hybridized carbons (Fsp3) is 0.333. The Labute approximate surface area is 153 Å². The molecule has 0 atom stereocenters. The van der Waals surface area contributed by atoms with Gasteiger partial charge in [0.2, 0.25) is 10.0 Å². The number of aromatic nitrogens is 1. The zero-order chi connectivity index (χ0) is 17.3. The van der Waals surface area contributed by atoms with Gasteiger partial charge in [-0.2, -0.15) is 4.31 Å². The quantitative estimate of drug-likeness (QED) is 0.750. The van der Waals surface area contributed by atoms with E-state index < -0.39 is 10.0 Å². The Morgan fingerprint density at radius 1 is 1.25 bits per heavy atom. The Bertz CT molecular complexity index is 858. The Hall–Kier alpha value is -1.29. The molecule has 1 amide bonds. The second-order valence-corrected chi connectivity index (χ2v) is 9.49. The summed E-state index contributed by atoms with van der Waals surface area (Å²) >= 11 is 4.65. The first-order chi connectivity index (χ1) is 11.4. The number of amides is 1. The number of carbonyl (C=O) groups excluding carboxylic acids is 1. The van der Waals surface area contributed by atoms with Crippen LogP contribution in [0, 0.1) is 6.92 Å². The monoisotopic (exact) mass is 429 g/mol. The van der Waals surface area contributed by atoms with Crippen molar-refractivity contribution < 1.29 is 13.2 Å². The highest BCUT2D eigenvalue weighted by molar-refractivity contribution is 9.10. The van der Waals surface area contributed by atoms with E-state index in [2.05, 4.69) is 20.9 Å². The first kappa shape index (κ1) is 17.5. The number of benzene rings is 1. The molecule has 1 aromatic carbocycles. The summed E-state index contributed by atoms with van der Waals surface area (Å²) in [5.74, 6) is -0.0832. The van der Waals surface area contributed by atoms with E-state index in [0.717, 1.165) is 9.48 Å². The molecule has 0 bridgehead atoms. The van der Waals surface area contributed by atoms with Gasteiger partial charge in [0, 0.05) is 30.7 Å². The predicted octanol–water partition coefficient (Wildman–Crippen LogP) is 2.36. The van der Waals surface area contributed by atoms with Gasteiger partial charge in [-0.05, 0) is 25.1 Å². The number of aryl methyl sites for hydroxylation is 1. The second-order valence-electron chi connectivity index (χ2n) is 5.40. The third-order valence-corrected chi connectivity index (χ3v) is 7.08. The van der Waals surface area contributed by atoms with Crippen LogP contribution in [0.15, 0.2) is 39.8 Å². The van der Waals surface area contributed by atoms with Crippen LogP contribution in [-0.4, -0.2) is 54.7 Å². The van der Waals surface area contributed by atoms with Crippen molar-refractivity contribution in [3.8, 4) is 0 Å². The minimum atomic E-state index is -3.54. The Kier molecular flexibility index (Phi) is 5.05. The summed E-state index contributed by atoms with van der Waals surface area (Å²) in [5, 5.41) is 0.842. The minimum Gasteiger partial charge on any atom is -0.335 e. The number of carbonyl (C=O) groups is 1. The molecule has 1 fully saturated rings. The van der Waals surface area contributed by atoms with Gasteiger partial charge >= 0.3 is 0 Å². The Morgan fingerprint density at radius 3 is 2.54 bits per heavy atom. The molecule has 1 aliphatic heterocycles. The number of thiazole rings is 1. The molecular formula is C15H16BrN3O3S2. The van der Waals surface area contributed by atoms with Crippen LogP contribution in [0.25, 0.3) is 0 Å². The molecule has 1 saturated heterocycles. The standard InChI is InChI=1S/C15H16BrN3O3S2/c1-11-17-10-14(23-11)15(20)18-5-7-19(8-6-18)24(21,22)13-4-2-3-12(16)9-13/h2-4,9-10H,5-8H2,1H3. The van der Waals surface area contributed by atoms with Gasteiger partial charge in [-0.1, -0.05) is 22.0 Å². The normalized spacial score (nSPS) is 16.3. The van der Waals surface area contributed by atoms with E-state index in [0.29, 0.717) is 31.1 Å². The molecule has 9 heteroatoms. The lowest BCUT2D eigenvalue weighted by Gasteiger charge is -2.33. The van der Waals surface area contributed by atoms with Gasteiger partial charge in [0.1, 0.15) is 4.88 Å². The van der Waals surface area contributed by atoms with E-state index in [1.54, 1.807) is 35.4 Å². The van der Waals surface area contributed by atoms with Gasteiger partial charge in [0.15, 0.2) is 0 Å². The van der Waals surface area contributed by atoms with Crippen molar-refractivity contribution in [3.63, 3.8) is 0 Å². The molecule has 0 radical (unpaired) electrons. The van der Waals surface area contributed by atoms with E-state index in [-0.39, 0.29) is 10.8 Å². The van der Waals surface area contributed by atoms with Crippen molar-refractivity contribution >= 4 is 43.2 Å². The number of nitrogens with zero attached hydrogens (tertiary/aromatic N) is 3. The third-order valence-electron chi connectivity index (χ3n) is 3.79. The van der Waals surface area contributed by atoms with Crippen molar-refractivity contribution in [1.82, 2.24) is 14.2 Å². The lowest BCUT2D eigenvalue weighted by Crippen LogP contribution is -2.50. The third kappa shape index (κ3) is 3.53. The highest BCUT2D eigenvalue weighted by Gasteiger charge is 2.30. The van der Waals surface area contributed by atoms with Crippen molar-refractivity contribution in [2.75, 3.05) is 26.2 Å². The molecule has 6 nitrogen and oxygen atoms in total. The van der Waals surface area contributed by atoms with Crippen molar-refractivity contribution in [2.24, 2.45) is 0 Å². The van der Waals surface area contributed by atoms with Crippen LogP contribution in [0.4, 0.5) is 0 Å². The maximum atomic E-state index is 12.7. The van der Waals surface area contributed by atoms with Crippen molar-refractivity contribution in [2.45, 2.75) is 11.8 Å². The lowest BCUT2D eigenvalue weighted by molar-refractivity contribution is 0.0702. The number of hydrogen-bond donors (Lipinski definition) is 0. The van der Waals surface area contributed by atoms with E-state index in [9.17, 15) is 13.2 Å². The summed E-state index contributed by atoms with van der Waals surface area (Å²) in [4.78, 5) is 19.0. The molecule has 0 aliphatic carbocycles. The predicted molar refractivity (Wildman–Crippen MR) is 95.7 cm³/mol. The van der Waals surface area contributed by atoms with Crippen LogP contribution in [0.5, 0.6) is 0 Å². The molecule has 3 rings (SSSR count). The number of piperazine rings is 1. The SMILES string of the molecule is Cc1ncc(C(=O)N2CCN(S(=O)(=O)c3cccc(Br)c3)CC2)s1. The van der Waals surface area contributed by atoms with Gasteiger partial charge < -0.3 is 4.90 Å². The molecule has 1 aromatic heterocycles. The van der Waals surface area contributed by atoms with Crippen LogP contribution in [0.1, 0.15) is 14.7 Å². The first-order valence-electron chi connectivity index (χ1n) is 7.35. The summed E-state index contributed by atoms with van der Waals surface area (Å²) < 4.78 is 27.5. The molecule has 0 saturated carbocycles. The molecule has 128 valence electrons. The topological polar surface area (TPSA) is 70.6 Å². The maximum Gasteiger partial charge on any atom is 0.265 e. The molecular weight excluding hydrogens is 414 g/mol. The van der Waals surface area contributed by atoms with Crippen LogP contribution in [-0.2, 0) is 10.0 Å². The largest absolute Gasteiger partial charge is 0.335 e. The Morgan fingerprint density at radius 2 is 1.96 bits per heavy atom. The zero-order valence-electron chi connectivity index (χ0n) is 13.0. The van der Waals surface area contributed by atoms with Gasteiger partial charge in [-0.15, -0.1) is 11.3 Å². The zero-order valence-corrected chi connectivity index (χ0v) is 16.2. The van der Waals surface area contributed by atoms with Crippen LogP contribution in [0.2, 0.25) is 0 Å². The second kappa shape index (κ2) is 6.91. The highest BCUT2D eigenvalue weighted by atomic mass is 79.9. The summed E-state index contributed by atoms with van der Waals surface area (Å²) in [6.45, 7) is 3.19. The van der Waals surface area contributed by atoms with Crippen LogP contribution in [0.3, 0.4) is 0 Å². The summed E-state index contributed by atoms with van der Waals surface area (Å²) in [6.07, 6.45) is 1.58. The average molecular weight is 430 g/mol. The molecule has 24 heavy (non-hydrogen) atoms. The number of rotatable bonds is 3. The number of hydrogen-bond acceptors (Lipinski definition) is 5. The fourth-order valence-electron chi connectivity index (χ4n) is 2.52. The summed E-state index contributed by atoms with van der Waals surface area (Å²) in [5.41, 5.74) is 0. The lowest BCUT2D eigenvalue weighted by atomic mass is 10.3. The number of sulfonamides is 1. The number of halogens is 1. The van der Waals surface area contributed by atoms with E-state index >= 15 is 0 Å². The molecule has 2 aromatic rings. The molecule has 0 unspecified atom stereocenters. The van der Waals surface area contributed by atoms with Crippen molar-refractivity contribution in [1.29, 1.82) is 0 Å². The smallest absolute Gasteiger partial charge is 0.265 e. The van der Waals surface area contributed by atoms with Gasteiger partial charge in [0.25, 0.3) is 5.91 Å². The molecule has 1 aliphatic rings. The van der Waals surface area contributed by atoms with E-state index in [1.165, 1.54) is 15.6 Å². The van der Waals surface area contributed by atoms with E-state index in [1.807, 2.05) is 6.92 Å². The van der Waals surface area contributed by atoms with Crippen LogP contribution >= 0.6 is 27.3 Å². The first-order valence-corrected chi connectivity index (χ1v) is 10.4. The van der Waals surface area contributed by atoms with Gasteiger partial charge in [0.05, 0.1) is 16.1 Å². The van der Waals surface area contributed by atoms with Gasteiger partial charge in [-0.25, -0.2) is 13.4 Å².